The molecular formula is C33H24FN5O3. The van der Waals surface area contributed by atoms with Gasteiger partial charge in [0.15, 0.2) is 0 Å². The van der Waals surface area contributed by atoms with Gasteiger partial charge in [-0.2, -0.15) is 4.39 Å². The zero-order chi connectivity index (χ0) is 29.5. The minimum Gasteiger partial charge on any atom is -0.350 e. The molecule has 0 radical (unpaired) electrons. The molecule has 3 heterocycles. The third-order valence-corrected chi connectivity index (χ3v) is 7.30. The van der Waals surface area contributed by atoms with E-state index in [1.807, 2.05) is 66.8 Å². The molecule has 0 atom stereocenters. The molecule has 0 aliphatic carbocycles. The summed E-state index contributed by atoms with van der Waals surface area (Å²) in [6.07, 6.45) is 5.29. The Labute approximate surface area is 240 Å². The maximum Gasteiger partial charge on any atom is 0.271 e. The Bertz CT molecular complexity index is 2110. The summed E-state index contributed by atoms with van der Waals surface area (Å²) in [5.74, 6) is 5.55. The van der Waals surface area contributed by atoms with Gasteiger partial charge < -0.3 is 14.5 Å². The van der Waals surface area contributed by atoms with Crippen molar-refractivity contribution in [3.05, 3.63) is 124 Å². The van der Waals surface area contributed by atoms with Crippen LogP contribution in [-0.2, 0) is 14.1 Å². The van der Waals surface area contributed by atoms with Gasteiger partial charge in [-0.25, -0.2) is 4.98 Å². The molecule has 8 nitrogen and oxygen atoms in total. The normalized spacial score (nSPS) is 11.0. The van der Waals surface area contributed by atoms with E-state index in [1.54, 1.807) is 24.3 Å². The first-order chi connectivity index (χ1) is 20.2. The van der Waals surface area contributed by atoms with Crippen LogP contribution in [0.2, 0.25) is 0 Å². The molecule has 1 amide bonds. The second-order valence-corrected chi connectivity index (χ2v) is 10.1. The summed E-state index contributed by atoms with van der Waals surface area (Å²) in [5, 5.41) is 15.9. The first kappa shape index (κ1) is 26.5. The van der Waals surface area contributed by atoms with Crippen molar-refractivity contribution in [3.63, 3.8) is 0 Å². The van der Waals surface area contributed by atoms with E-state index in [0.717, 1.165) is 44.1 Å². The quantitative estimate of drug-likeness (QED) is 0.112. The molecule has 3 aromatic carbocycles. The molecule has 42 heavy (non-hydrogen) atoms. The predicted octanol–water partition coefficient (Wildman–Crippen LogP) is 6.74. The van der Waals surface area contributed by atoms with Gasteiger partial charge in [-0.05, 0) is 55.0 Å². The van der Waals surface area contributed by atoms with Crippen molar-refractivity contribution < 1.29 is 14.1 Å². The summed E-state index contributed by atoms with van der Waals surface area (Å²) in [4.78, 5) is 27.7. The van der Waals surface area contributed by atoms with Crippen LogP contribution in [-0.4, -0.2) is 24.9 Å². The average Bonchev–Trinajstić information content (AvgIpc) is 3.48. The Hall–Kier alpha value is -5.75. The zero-order valence-electron chi connectivity index (χ0n) is 23.0. The Morgan fingerprint density at radius 1 is 0.905 bits per heavy atom. The van der Waals surface area contributed by atoms with E-state index in [0.29, 0.717) is 16.8 Å². The van der Waals surface area contributed by atoms with Crippen LogP contribution in [0, 0.1) is 34.8 Å². The van der Waals surface area contributed by atoms with Gasteiger partial charge in [0.25, 0.3) is 11.6 Å². The second kappa shape index (κ2) is 10.3. The van der Waals surface area contributed by atoms with Crippen LogP contribution in [0.4, 0.5) is 15.8 Å². The summed E-state index contributed by atoms with van der Waals surface area (Å²) in [5.41, 5.74) is 6.83. The van der Waals surface area contributed by atoms with Crippen LogP contribution in [0.1, 0.15) is 27.0 Å². The molecule has 0 fully saturated rings. The Balaban J connectivity index is 1.26. The van der Waals surface area contributed by atoms with E-state index in [4.69, 9.17) is 0 Å². The third kappa shape index (κ3) is 4.86. The molecule has 3 aromatic heterocycles. The largest absolute Gasteiger partial charge is 0.350 e. The van der Waals surface area contributed by atoms with Crippen molar-refractivity contribution in [2.75, 3.05) is 5.32 Å². The lowest BCUT2D eigenvalue weighted by atomic mass is 10.0. The molecule has 6 aromatic rings. The highest BCUT2D eigenvalue weighted by Gasteiger charge is 2.14. The molecule has 0 aliphatic rings. The number of aromatic nitrogens is 3. The first-order valence-corrected chi connectivity index (χ1v) is 13.1. The molecule has 1 N–H and O–H groups in total. The van der Waals surface area contributed by atoms with Gasteiger partial charge in [-0.3, -0.25) is 14.9 Å². The van der Waals surface area contributed by atoms with Crippen molar-refractivity contribution in [3.8, 4) is 23.0 Å². The number of amides is 1. The number of benzene rings is 3. The molecule has 0 bridgehead atoms. The van der Waals surface area contributed by atoms with Crippen LogP contribution in [0.5, 0.6) is 0 Å². The summed E-state index contributed by atoms with van der Waals surface area (Å²) in [6.45, 7) is 1.93. The lowest BCUT2D eigenvalue weighted by Crippen LogP contribution is -2.12. The first-order valence-electron chi connectivity index (χ1n) is 13.1. The number of nitro benzene ring substituents is 1. The highest BCUT2D eigenvalue weighted by atomic mass is 19.1. The minimum absolute atomic E-state index is 0.0228. The van der Waals surface area contributed by atoms with Gasteiger partial charge in [0.1, 0.15) is 0 Å². The number of carbonyl (C=O) groups is 1. The second-order valence-electron chi connectivity index (χ2n) is 10.1. The van der Waals surface area contributed by atoms with Crippen LogP contribution in [0.3, 0.4) is 0 Å². The molecule has 0 aliphatic heterocycles. The van der Waals surface area contributed by atoms with E-state index in [-0.39, 0.29) is 11.6 Å². The van der Waals surface area contributed by atoms with E-state index in [9.17, 15) is 19.3 Å². The number of fused-ring (bicyclic) bond motifs is 2. The number of carbonyl (C=O) groups excluding carboxylic acids is 1. The Morgan fingerprint density at radius 3 is 2.40 bits per heavy atom. The number of rotatable bonds is 4. The summed E-state index contributed by atoms with van der Waals surface area (Å²) < 4.78 is 17.1. The minimum atomic E-state index is -0.531. The molecular weight excluding hydrogens is 533 g/mol. The standard InChI is InChI=1S/C33H24FN5O3/c1-20-4-5-22(14-21(20)6-7-24-18-37(2)31-16-26(39(41)42)10-12-27(24)31)33(40)36-25-9-11-28-29(19-38(3)30(28)15-25)23-8-13-32(34)35-17-23/h4-5,8-19H,1-3H3,(H,36,40). The smallest absolute Gasteiger partial charge is 0.271 e. The monoisotopic (exact) mass is 557 g/mol. The van der Waals surface area contributed by atoms with Crippen molar-refractivity contribution in [1.82, 2.24) is 14.1 Å². The van der Waals surface area contributed by atoms with E-state index >= 15 is 0 Å². The number of anilines is 1. The molecule has 206 valence electrons. The molecule has 0 saturated carbocycles. The number of nitrogens with zero attached hydrogens (tertiary/aromatic N) is 4. The molecule has 6 rings (SSSR count). The predicted molar refractivity (Wildman–Crippen MR) is 161 cm³/mol. The fourth-order valence-electron chi connectivity index (χ4n) is 5.05. The van der Waals surface area contributed by atoms with Crippen molar-refractivity contribution in [1.29, 1.82) is 0 Å². The molecule has 9 heteroatoms. The Kier molecular flexibility index (Phi) is 6.51. The Morgan fingerprint density at radius 2 is 1.64 bits per heavy atom. The molecule has 0 spiro atoms. The van der Waals surface area contributed by atoms with Crippen LogP contribution in [0.15, 0.2) is 85.3 Å². The number of halogens is 1. The summed E-state index contributed by atoms with van der Waals surface area (Å²) >= 11 is 0. The number of hydrogen-bond donors (Lipinski definition) is 1. The van der Waals surface area contributed by atoms with E-state index in [1.165, 1.54) is 24.4 Å². The maximum absolute atomic E-state index is 13.3. The summed E-state index contributed by atoms with van der Waals surface area (Å²) in [7, 11) is 3.73. The fraction of sp³-hybridized carbons (Fsp3) is 0.0909. The highest BCUT2D eigenvalue weighted by molar-refractivity contribution is 6.06. The van der Waals surface area contributed by atoms with Crippen LogP contribution >= 0.6 is 0 Å². The van der Waals surface area contributed by atoms with E-state index in [2.05, 4.69) is 22.1 Å². The van der Waals surface area contributed by atoms with Gasteiger partial charge >= 0.3 is 0 Å². The third-order valence-electron chi connectivity index (χ3n) is 7.30. The van der Waals surface area contributed by atoms with Crippen molar-refractivity contribution in [2.24, 2.45) is 14.1 Å². The fourth-order valence-corrected chi connectivity index (χ4v) is 5.05. The van der Waals surface area contributed by atoms with Gasteiger partial charge in [-0.15, -0.1) is 0 Å². The number of non-ortho nitro benzene ring substituents is 1. The topological polar surface area (TPSA) is 95.0 Å². The number of nitrogens with one attached hydrogen (secondary N) is 1. The van der Waals surface area contributed by atoms with Crippen LogP contribution < -0.4 is 5.32 Å². The molecule has 0 unspecified atom stereocenters. The summed E-state index contributed by atoms with van der Waals surface area (Å²) in [6, 6.07) is 18.8. The van der Waals surface area contributed by atoms with Crippen LogP contribution in [0.25, 0.3) is 32.9 Å². The van der Waals surface area contributed by atoms with E-state index < -0.39 is 10.9 Å². The SMILES string of the molecule is Cc1ccc(C(=O)Nc2ccc3c(-c4ccc(F)nc4)cn(C)c3c2)cc1C#Cc1cn(C)c2cc([N+](=O)[O-])ccc12. The lowest BCUT2D eigenvalue weighted by Gasteiger charge is -2.08. The van der Waals surface area contributed by atoms with Crippen molar-refractivity contribution >= 4 is 39.1 Å². The number of nitro groups is 1. The lowest BCUT2D eigenvalue weighted by molar-refractivity contribution is -0.384. The van der Waals surface area contributed by atoms with Gasteiger partial charge in [-0.1, -0.05) is 24.0 Å². The maximum atomic E-state index is 13.3. The number of pyridine rings is 1. The van der Waals surface area contributed by atoms with Crippen molar-refractivity contribution in [2.45, 2.75) is 6.92 Å². The zero-order valence-corrected chi connectivity index (χ0v) is 23.0. The number of hydrogen-bond acceptors (Lipinski definition) is 4. The number of aryl methyl sites for hydroxylation is 3. The van der Waals surface area contributed by atoms with Gasteiger partial charge in [0.2, 0.25) is 5.95 Å². The van der Waals surface area contributed by atoms with Gasteiger partial charge in [0, 0.05) is 83.5 Å². The molecule has 0 saturated heterocycles. The van der Waals surface area contributed by atoms with Gasteiger partial charge in [0.05, 0.1) is 21.5 Å². The highest BCUT2D eigenvalue weighted by Crippen LogP contribution is 2.32. The average molecular weight is 558 g/mol.